The van der Waals surface area contributed by atoms with Gasteiger partial charge in [0.25, 0.3) is 5.56 Å². The summed E-state index contributed by atoms with van der Waals surface area (Å²) in [7, 11) is 0. The number of aryl methyl sites for hydroxylation is 1. The highest BCUT2D eigenvalue weighted by Crippen LogP contribution is 2.28. The molecule has 3 aromatic rings. The van der Waals surface area contributed by atoms with Gasteiger partial charge in [-0.3, -0.25) is 9.36 Å². The lowest BCUT2D eigenvalue weighted by atomic mass is 10.1. The minimum absolute atomic E-state index is 0.127. The van der Waals surface area contributed by atoms with Gasteiger partial charge < -0.3 is 10.2 Å². The summed E-state index contributed by atoms with van der Waals surface area (Å²) >= 11 is 3.44. The minimum atomic E-state index is -0.170. The number of phenols is 2. The second-order valence-electron chi connectivity index (χ2n) is 4.85. The van der Waals surface area contributed by atoms with Crippen LogP contribution in [0.4, 0.5) is 0 Å². The van der Waals surface area contributed by atoms with Crippen molar-refractivity contribution < 1.29 is 10.2 Å². The van der Waals surface area contributed by atoms with E-state index < -0.39 is 0 Å². The molecule has 0 aliphatic rings. The minimum Gasteiger partial charge on any atom is -0.508 e. The van der Waals surface area contributed by atoms with Crippen molar-refractivity contribution in [2.24, 2.45) is 0 Å². The third-order valence-electron chi connectivity index (χ3n) is 3.38. The number of aromatic hydroxyl groups is 2. The van der Waals surface area contributed by atoms with E-state index in [0.29, 0.717) is 26.5 Å². The summed E-state index contributed by atoms with van der Waals surface area (Å²) in [6.07, 6.45) is 1.66. The molecule has 3 rings (SSSR count). The molecule has 0 aliphatic carbocycles. The summed E-state index contributed by atoms with van der Waals surface area (Å²) in [5.74, 6) is 0.273. The molecule has 0 amide bonds. The van der Waals surface area contributed by atoms with E-state index in [-0.39, 0.29) is 17.1 Å². The van der Waals surface area contributed by atoms with Gasteiger partial charge in [0, 0.05) is 21.7 Å². The molecule has 0 saturated carbocycles. The van der Waals surface area contributed by atoms with Crippen LogP contribution in [-0.2, 0) is 0 Å². The van der Waals surface area contributed by atoms with Gasteiger partial charge in [-0.05, 0) is 64.8 Å². The molecule has 0 saturated heterocycles. The van der Waals surface area contributed by atoms with Crippen LogP contribution < -0.4 is 5.56 Å². The molecule has 2 aromatic carbocycles. The van der Waals surface area contributed by atoms with Crippen molar-refractivity contribution in [1.29, 1.82) is 0 Å². The molecule has 1 heterocycles. The Bertz CT molecular complexity index is 898. The fourth-order valence-corrected chi connectivity index (χ4v) is 2.92. The van der Waals surface area contributed by atoms with Crippen molar-refractivity contribution >= 4 is 26.7 Å². The Labute approximate surface area is 129 Å². The molecule has 21 heavy (non-hydrogen) atoms. The van der Waals surface area contributed by atoms with E-state index in [1.165, 1.54) is 16.7 Å². The second kappa shape index (κ2) is 4.93. The number of rotatable bonds is 1. The summed E-state index contributed by atoms with van der Waals surface area (Å²) < 4.78 is 2.22. The molecule has 106 valence electrons. The maximum absolute atomic E-state index is 12.7. The van der Waals surface area contributed by atoms with Gasteiger partial charge in [-0.15, -0.1) is 0 Å². The highest BCUT2D eigenvalue weighted by Gasteiger charge is 2.12. The van der Waals surface area contributed by atoms with Crippen molar-refractivity contribution in [3.8, 4) is 17.2 Å². The predicted molar refractivity (Wildman–Crippen MR) is 85.3 cm³/mol. The summed E-state index contributed by atoms with van der Waals surface area (Å²) in [6, 6.07) is 9.54. The molecule has 1 aromatic heterocycles. The fourth-order valence-electron chi connectivity index (χ4n) is 2.41. The first-order valence-corrected chi connectivity index (χ1v) is 7.10. The zero-order valence-electron chi connectivity index (χ0n) is 11.2. The van der Waals surface area contributed by atoms with E-state index in [1.54, 1.807) is 37.4 Å². The SMILES string of the molecule is Cc1cc(O)cc2c(Br)cn(-c3ccc(O)cc3)c(=O)c12. The van der Waals surface area contributed by atoms with E-state index in [1.807, 2.05) is 0 Å². The number of hydrogen-bond donors (Lipinski definition) is 2. The summed E-state index contributed by atoms with van der Waals surface area (Å²) in [5.41, 5.74) is 1.20. The Hall–Kier alpha value is -2.27. The molecule has 0 bridgehead atoms. The lowest BCUT2D eigenvalue weighted by Crippen LogP contribution is -2.18. The van der Waals surface area contributed by atoms with Crippen LogP contribution in [0.2, 0.25) is 0 Å². The lowest BCUT2D eigenvalue weighted by molar-refractivity contribution is 0.474. The summed E-state index contributed by atoms with van der Waals surface area (Å²) in [6.45, 7) is 1.79. The number of nitrogens with zero attached hydrogens (tertiary/aromatic N) is 1. The van der Waals surface area contributed by atoms with E-state index in [9.17, 15) is 15.0 Å². The number of pyridine rings is 1. The van der Waals surface area contributed by atoms with Gasteiger partial charge >= 0.3 is 0 Å². The Balaban J connectivity index is 2.39. The van der Waals surface area contributed by atoms with Crippen LogP contribution >= 0.6 is 15.9 Å². The lowest BCUT2D eigenvalue weighted by Gasteiger charge is -2.11. The monoisotopic (exact) mass is 345 g/mol. The largest absolute Gasteiger partial charge is 0.508 e. The van der Waals surface area contributed by atoms with Gasteiger partial charge in [-0.1, -0.05) is 0 Å². The van der Waals surface area contributed by atoms with Crippen LogP contribution in [0.5, 0.6) is 11.5 Å². The van der Waals surface area contributed by atoms with E-state index in [4.69, 9.17) is 0 Å². The van der Waals surface area contributed by atoms with Gasteiger partial charge in [0.05, 0.1) is 5.39 Å². The summed E-state index contributed by atoms with van der Waals surface area (Å²) in [5, 5.41) is 20.3. The molecule has 0 spiro atoms. The van der Waals surface area contributed by atoms with Crippen molar-refractivity contribution in [3.63, 3.8) is 0 Å². The Morgan fingerprint density at radius 2 is 1.71 bits per heavy atom. The second-order valence-corrected chi connectivity index (χ2v) is 5.71. The van der Waals surface area contributed by atoms with Gasteiger partial charge in [0.15, 0.2) is 0 Å². The maximum atomic E-state index is 12.7. The maximum Gasteiger partial charge on any atom is 0.263 e. The molecule has 0 atom stereocenters. The molecule has 4 nitrogen and oxygen atoms in total. The molecule has 0 aliphatic heterocycles. The number of fused-ring (bicyclic) bond motifs is 1. The molecule has 2 N–H and O–H groups in total. The van der Waals surface area contributed by atoms with E-state index >= 15 is 0 Å². The third-order valence-corrected chi connectivity index (χ3v) is 4.01. The van der Waals surface area contributed by atoms with Gasteiger partial charge in [-0.25, -0.2) is 0 Å². The van der Waals surface area contributed by atoms with E-state index in [0.717, 1.165) is 0 Å². The Morgan fingerprint density at radius 1 is 1.05 bits per heavy atom. The quantitative estimate of drug-likeness (QED) is 0.709. The number of phenolic OH excluding ortho intramolecular Hbond substituents is 2. The molecule has 0 fully saturated rings. The Kier molecular flexibility index (Phi) is 3.22. The van der Waals surface area contributed by atoms with Crippen LogP contribution in [0.1, 0.15) is 5.56 Å². The zero-order valence-corrected chi connectivity index (χ0v) is 12.8. The molecule has 0 radical (unpaired) electrons. The molecular weight excluding hydrogens is 334 g/mol. The number of aromatic nitrogens is 1. The van der Waals surface area contributed by atoms with Gasteiger partial charge in [0.2, 0.25) is 0 Å². The van der Waals surface area contributed by atoms with E-state index in [2.05, 4.69) is 15.9 Å². The van der Waals surface area contributed by atoms with Crippen LogP contribution in [0.15, 0.2) is 51.9 Å². The van der Waals surface area contributed by atoms with Crippen LogP contribution in [0.3, 0.4) is 0 Å². The predicted octanol–water partition coefficient (Wildman–Crippen LogP) is 3.47. The average Bonchev–Trinajstić information content (AvgIpc) is 2.43. The average molecular weight is 346 g/mol. The van der Waals surface area contributed by atoms with Crippen LogP contribution in [-0.4, -0.2) is 14.8 Å². The number of hydrogen-bond acceptors (Lipinski definition) is 3. The first-order valence-electron chi connectivity index (χ1n) is 6.31. The van der Waals surface area contributed by atoms with Crippen LogP contribution in [0.25, 0.3) is 16.5 Å². The first kappa shape index (κ1) is 13.7. The zero-order chi connectivity index (χ0) is 15.1. The molecule has 5 heteroatoms. The summed E-state index contributed by atoms with van der Waals surface area (Å²) in [4.78, 5) is 12.7. The van der Waals surface area contributed by atoms with Crippen molar-refractivity contribution in [2.45, 2.75) is 6.92 Å². The highest BCUT2D eigenvalue weighted by molar-refractivity contribution is 9.10. The normalized spacial score (nSPS) is 11.0. The topological polar surface area (TPSA) is 62.5 Å². The first-order chi connectivity index (χ1) is 9.97. The smallest absolute Gasteiger partial charge is 0.263 e. The van der Waals surface area contributed by atoms with Gasteiger partial charge in [-0.2, -0.15) is 0 Å². The fraction of sp³-hybridized carbons (Fsp3) is 0.0625. The van der Waals surface area contributed by atoms with Crippen molar-refractivity contribution in [3.05, 3.63) is 63.0 Å². The van der Waals surface area contributed by atoms with Gasteiger partial charge in [0.1, 0.15) is 11.5 Å². The number of benzene rings is 2. The van der Waals surface area contributed by atoms with Crippen molar-refractivity contribution in [1.82, 2.24) is 4.57 Å². The third kappa shape index (κ3) is 2.29. The standard InChI is InChI=1S/C16H12BrNO3/c1-9-6-12(20)7-13-14(17)8-18(16(21)15(9)13)10-2-4-11(19)5-3-10/h2-8,19-20H,1H3. The Morgan fingerprint density at radius 3 is 2.38 bits per heavy atom. The highest BCUT2D eigenvalue weighted by atomic mass is 79.9. The number of halogens is 1. The van der Waals surface area contributed by atoms with Crippen molar-refractivity contribution in [2.75, 3.05) is 0 Å². The van der Waals surface area contributed by atoms with Crippen LogP contribution in [0, 0.1) is 6.92 Å². The molecular formula is C16H12BrNO3. The molecule has 0 unspecified atom stereocenters.